The molecule has 0 radical (unpaired) electrons. The molecular formula is C10H13NO4. The second kappa shape index (κ2) is 4.63. The van der Waals surface area contributed by atoms with Crippen LogP contribution in [-0.2, 0) is 11.8 Å². The summed E-state index contributed by atoms with van der Waals surface area (Å²) in [7, 11) is 2.96. The van der Waals surface area contributed by atoms with Gasteiger partial charge >= 0.3 is 5.97 Å². The Bertz CT molecular complexity index is 422. The minimum Gasteiger partial charge on any atom is -0.496 e. The molecule has 15 heavy (non-hydrogen) atoms. The van der Waals surface area contributed by atoms with Crippen LogP contribution in [0.15, 0.2) is 17.1 Å². The van der Waals surface area contributed by atoms with E-state index in [1.165, 1.54) is 23.9 Å². The van der Waals surface area contributed by atoms with Crippen LogP contribution in [0.1, 0.15) is 17.3 Å². The number of ether oxygens (including phenoxy) is 2. The minimum atomic E-state index is -0.495. The predicted octanol–water partition coefficient (Wildman–Crippen LogP) is 0.571. The molecular weight excluding hydrogens is 198 g/mol. The van der Waals surface area contributed by atoms with Gasteiger partial charge in [-0.05, 0) is 6.92 Å². The first kappa shape index (κ1) is 11.3. The maximum atomic E-state index is 11.5. The molecule has 0 saturated heterocycles. The number of carbonyl (C=O) groups is 1. The number of aromatic nitrogens is 1. The van der Waals surface area contributed by atoms with Crippen molar-refractivity contribution in [2.24, 2.45) is 7.05 Å². The normalized spacial score (nSPS) is 9.80. The van der Waals surface area contributed by atoms with Gasteiger partial charge in [0.05, 0.1) is 13.7 Å². The highest BCUT2D eigenvalue weighted by molar-refractivity contribution is 5.92. The zero-order chi connectivity index (χ0) is 11.4. The highest BCUT2D eigenvalue weighted by Gasteiger charge is 2.14. The van der Waals surface area contributed by atoms with Crippen LogP contribution < -0.4 is 10.3 Å². The zero-order valence-corrected chi connectivity index (χ0v) is 8.94. The van der Waals surface area contributed by atoms with E-state index in [0.29, 0.717) is 0 Å². The summed E-state index contributed by atoms with van der Waals surface area (Å²) in [6, 6.07) is 1.26. The van der Waals surface area contributed by atoms with Crippen LogP contribution in [-0.4, -0.2) is 24.3 Å². The molecule has 0 aliphatic carbocycles. The van der Waals surface area contributed by atoms with Crippen LogP contribution in [0, 0.1) is 0 Å². The molecule has 0 N–H and O–H groups in total. The Labute approximate surface area is 87.2 Å². The van der Waals surface area contributed by atoms with E-state index in [2.05, 4.69) is 0 Å². The van der Waals surface area contributed by atoms with E-state index >= 15 is 0 Å². The summed E-state index contributed by atoms with van der Waals surface area (Å²) in [6.45, 7) is 2.00. The molecule has 0 bridgehead atoms. The van der Waals surface area contributed by atoms with Gasteiger partial charge < -0.3 is 14.0 Å². The van der Waals surface area contributed by atoms with Gasteiger partial charge in [-0.3, -0.25) is 4.79 Å². The molecule has 0 atom stereocenters. The number of pyridine rings is 1. The van der Waals surface area contributed by atoms with Gasteiger partial charge in [0.2, 0.25) is 0 Å². The molecule has 0 spiro atoms. The van der Waals surface area contributed by atoms with E-state index in [1.807, 2.05) is 0 Å². The predicted molar refractivity (Wildman–Crippen MR) is 54.2 cm³/mol. The molecule has 0 aliphatic heterocycles. The number of methoxy groups -OCH3 is 1. The number of rotatable bonds is 3. The SMILES string of the molecule is CCOC(=O)c1cn(C)c(=O)cc1OC. The van der Waals surface area contributed by atoms with Crippen molar-refractivity contribution >= 4 is 5.97 Å². The van der Waals surface area contributed by atoms with Gasteiger partial charge in [0.25, 0.3) is 5.56 Å². The third kappa shape index (κ3) is 2.37. The van der Waals surface area contributed by atoms with Crippen LogP contribution in [0.5, 0.6) is 5.75 Å². The maximum Gasteiger partial charge on any atom is 0.343 e. The highest BCUT2D eigenvalue weighted by Crippen LogP contribution is 2.15. The fourth-order valence-corrected chi connectivity index (χ4v) is 1.14. The lowest BCUT2D eigenvalue weighted by Gasteiger charge is -2.08. The summed E-state index contributed by atoms with van der Waals surface area (Å²) < 4.78 is 11.1. The average Bonchev–Trinajstić information content (AvgIpc) is 2.21. The van der Waals surface area contributed by atoms with Gasteiger partial charge in [0, 0.05) is 19.3 Å². The molecule has 0 unspecified atom stereocenters. The Morgan fingerprint density at radius 3 is 2.73 bits per heavy atom. The fourth-order valence-electron chi connectivity index (χ4n) is 1.14. The largest absolute Gasteiger partial charge is 0.496 e. The minimum absolute atomic E-state index is 0.233. The molecule has 0 saturated carbocycles. The van der Waals surface area contributed by atoms with E-state index < -0.39 is 5.97 Å². The van der Waals surface area contributed by atoms with E-state index in [1.54, 1.807) is 14.0 Å². The lowest BCUT2D eigenvalue weighted by molar-refractivity contribution is 0.0521. The van der Waals surface area contributed by atoms with Crippen molar-refractivity contribution in [1.29, 1.82) is 0 Å². The molecule has 0 fully saturated rings. The van der Waals surface area contributed by atoms with Gasteiger partial charge in [0.15, 0.2) is 0 Å². The Balaban J connectivity index is 3.21. The molecule has 1 aromatic rings. The Morgan fingerprint density at radius 2 is 2.20 bits per heavy atom. The van der Waals surface area contributed by atoms with Gasteiger partial charge in [-0.2, -0.15) is 0 Å². The molecule has 0 aromatic carbocycles. The summed E-state index contributed by atoms with van der Waals surface area (Å²) >= 11 is 0. The number of nitrogens with zero attached hydrogens (tertiary/aromatic N) is 1. The van der Waals surface area contributed by atoms with Crippen molar-refractivity contribution in [3.63, 3.8) is 0 Å². The number of hydrogen-bond donors (Lipinski definition) is 0. The van der Waals surface area contributed by atoms with Crippen LogP contribution in [0.25, 0.3) is 0 Å². The van der Waals surface area contributed by atoms with Crippen molar-refractivity contribution in [3.8, 4) is 5.75 Å². The number of esters is 1. The average molecular weight is 211 g/mol. The standard InChI is InChI=1S/C10H13NO4/c1-4-15-10(13)7-6-11(2)9(12)5-8(7)14-3/h5-6H,4H2,1-3H3. The maximum absolute atomic E-state index is 11.5. The number of aryl methyl sites for hydroxylation is 1. The molecule has 5 heteroatoms. The summed E-state index contributed by atoms with van der Waals surface area (Å²) in [6.07, 6.45) is 1.40. The van der Waals surface area contributed by atoms with Crippen LogP contribution in [0.4, 0.5) is 0 Å². The van der Waals surface area contributed by atoms with E-state index in [9.17, 15) is 9.59 Å². The Hall–Kier alpha value is -1.78. The lowest BCUT2D eigenvalue weighted by Crippen LogP contribution is -2.19. The number of hydrogen-bond acceptors (Lipinski definition) is 4. The van der Waals surface area contributed by atoms with Crippen molar-refractivity contribution in [1.82, 2.24) is 4.57 Å². The van der Waals surface area contributed by atoms with E-state index in [4.69, 9.17) is 9.47 Å². The van der Waals surface area contributed by atoms with Gasteiger partial charge in [-0.15, -0.1) is 0 Å². The van der Waals surface area contributed by atoms with Crippen LogP contribution in [0.2, 0.25) is 0 Å². The third-order valence-corrected chi connectivity index (χ3v) is 1.91. The van der Waals surface area contributed by atoms with E-state index in [-0.39, 0.29) is 23.5 Å². The van der Waals surface area contributed by atoms with Gasteiger partial charge in [-0.1, -0.05) is 0 Å². The Kier molecular flexibility index (Phi) is 3.49. The van der Waals surface area contributed by atoms with E-state index in [0.717, 1.165) is 0 Å². The summed E-state index contributed by atoms with van der Waals surface area (Å²) in [5, 5.41) is 0. The zero-order valence-electron chi connectivity index (χ0n) is 8.94. The van der Waals surface area contributed by atoms with Crippen molar-refractivity contribution < 1.29 is 14.3 Å². The van der Waals surface area contributed by atoms with Gasteiger partial charge in [0.1, 0.15) is 11.3 Å². The monoisotopic (exact) mass is 211 g/mol. The first-order chi connectivity index (χ1) is 7.10. The highest BCUT2D eigenvalue weighted by atomic mass is 16.5. The summed E-state index contributed by atoms with van der Waals surface area (Å²) in [5.74, 6) is -0.262. The Morgan fingerprint density at radius 1 is 1.53 bits per heavy atom. The van der Waals surface area contributed by atoms with Crippen LogP contribution in [0.3, 0.4) is 0 Å². The fraction of sp³-hybridized carbons (Fsp3) is 0.400. The smallest absolute Gasteiger partial charge is 0.343 e. The molecule has 1 aromatic heterocycles. The molecule has 5 nitrogen and oxygen atoms in total. The molecule has 82 valence electrons. The van der Waals surface area contributed by atoms with Crippen molar-refractivity contribution in [2.45, 2.75) is 6.92 Å². The summed E-state index contributed by atoms with van der Waals surface area (Å²) in [5.41, 5.74) is 0.0151. The molecule has 0 aliphatic rings. The third-order valence-electron chi connectivity index (χ3n) is 1.91. The first-order valence-electron chi connectivity index (χ1n) is 4.52. The van der Waals surface area contributed by atoms with Gasteiger partial charge in [-0.25, -0.2) is 4.79 Å². The molecule has 1 heterocycles. The lowest BCUT2D eigenvalue weighted by atomic mass is 10.2. The molecule has 0 amide bonds. The quantitative estimate of drug-likeness (QED) is 0.686. The topological polar surface area (TPSA) is 57.5 Å². The first-order valence-corrected chi connectivity index (χ1v) is 4.52. The van der Waals surface area contributed by atoms with Crippen molar-refractivity contribution in [2.75, 3.05) is 13.7 Å². The molecule has 1 rings (SSSR count). The number of carbonyl (C=O) groups excluding carboxylic acids is 1. The second-order valence-electron chi connectivity index (χ2n) is 2.93. The summed E-state index contributed by atoms with van der Waals surface area (Å²) in [4.78, 5) is 22.7. The van der Waals surface area contributed by atoms with Crippen molar-refractivity contribution in [3.05, 3.63) is 28.2 Å². The van der Waals surface area contributed by atoms with Crippen LogP contribution >= 0.6 is 0 Å². The second-order valence-corrected chi connectivity index (χ2v) is 2.93.